The van der Waals surface area contributed by atoms with Crippen LogP contribution in [0.15, 0.2) is 0 Å². The number of ether oxygens (including phenoxy) is 1. The molecule has 0 aromatic heterocycles. The lowest BCUT2D eigenvalue weighted by atomic mass is 9.86. The first kappa shape index (κ1) is 9.74. The molecule has 2 saturated carbocycles. The molecule has 0 unspecified atom stereocenters. The summed E-state index contributed by atoms with van der Waals surface area (Å²) < 4.78 is 6.04. The maximum absolute atomic E-state index is 11.5. The molecule has 74 valence electrons. The number of hydrogen-bond acceptors (Lipinski definition) is 2. The van der Waals surface area contributed by atoms with E-state index in [0.717, 1.165) is 19.3 Å². The Morgan fingerprint density at radius 2 is 1.85 bits per heavy atom. The van der Waals surface area contributed by atoms with Crippen LogP contribution in [0.3, 0.4) is 0 Å². The molecule has 0 bridgehead atoms. The number of carbonyl (C=O) groups is 1. The van der Waals surface area contributed by atoms with Crippen molar-refractivity contribution in [3.05, 3.63) is 0 Å². The van der Waals surface area contributed by atoms with E-state index in [1.54, 1.807) is 0 Å². The first-order valence-electron chi connectivity index (χ1n) is 5.12. The SMILES string of the molecule is O=C(O[C@@H]1CCC[C@H]1I)C1CCC1. The van der Waals surface area contributed by atoms with E-state index in [9.17, 15) is 4.79 Å². The first-order chi connectivity index (χ1) is 6.27. The van der Waals surface area contributed by atoms with Gasteiger partial charge in [-0.3, -0.25) is 4.79 Å². The smallest absolute Gasteiger partial charge is 0.309 e. The van der Waals surface area contributed by atoms with Crippen molar-refractivity contribution in [3.63, 3.8) is 0 Å². The fourth-order valence-electron chi connectivity index (χ4n) is 1.90. The van der Waals surface area contributed by atoms with E-state index >= 15 is 0 Å². The molecule has 0 aromatic carbocycles. The highest BCUT2D eigenvalue weighted by molar-refractivity contribution is 14.1. The van der Waals surface area contributed by atoms with Crippen molar-refractivity contribution >= 4 is 28.6 Å². The molecular formula is C10H15IO2. The summed E-state index contributed by atoms with van der Waals surface area (Å²) >= 11 is 2.40. The minimum Gasteiger partial charge on any atom is -0.461 e. The van der Waals surface area contributed by atoms with Gasteiger partial charge in [-0.2, -0.15) is 0 Å². The second kappa shape index (κ2) is 4.15. The van der Waals surface area contributed by atoms with Gasteiger partial charge in [0.1, 0.15) is 6.10 Å². The third-order valence-electron chi connectivity index (χ3n) is 3.08. The molecule has 3 heteroatoms. The van der Waals surface area contributed by atoms with Gasteiger partial charge in [-0.05, 0) is 32.1 Å². The highest BCUT2D eigenvalue weighted by Crippen LogP contribution is 2.32. The van der Waals surface area contributed by atoms with E-state index in [4.69, 9.17) is 4.74 Å². The largest absolute Gasteiger partial charge is 0.461 e. The van der Waals surface area contributed by atoms with Crippen LogP contribution in [0.25, 0.3) is 0 Å². The summed E-state index contributed by atoms with van der Waals surface area (Å²) in [6.07, 6.45) is 7.03. The van der Waals surface area contributed by atoms with Crippen molar-refractivity contribution in [2.75, 3.05) is 0 Å². The summed E-state index contributed by atoms with van der Waals surface area (Å²) in [6.45, 7) is 0. The third-order valence-corrected chi connectivity index (χ3v) is 4.50. The summed E-state index contributed by atoms with van der Waals surface area (Å²) in [5.41, 5.74) is 0. The normalized spacial score (nSPS) is 34.2. The van der Waals surface area contributed by atoms with Gasteiger partial charge in [-0.25, -0.2) is 0 Å². The molecular weight excluding hydrogens is 279 g/mol. The van der Waals surface area contributed by atoms with Crippen molar-refractivity contribution in [3.8, 4) is 0 Å². The summed E-state index contributed by atoms with van der Waals surface area (Å²) in [4.78, 5) is 11.5. The molecule has 2 atom stereocenters. The van der Waals surface area contributed by atoms with Gasteiger partial charge in [-0.1, -0.05) is 29.0 Å². The summed E-state index contributed by atoms with van der Waals surface area (Å²) in [7, 11) is 0. The number of esters is 1. The van der Waals surface area contributed by atoms with E-state index in [1.807, 2.05) is 0 Å². The zero-order valence-electron chi connectivity index (χ0n) is 7.67. The highest BCUT2D eigenvalue weighted by Gasteiger charge is 2.33. The molecule has 2 fully saturated rings. The summed E-state index contributed by atoms with van der Waals surface area (Å²) in [5.74, 6) is 0.309. The average Bonchev–Trinajstić information content (AvgIpc) is 2.32. The first-order valence-corrected chi connectivity index (χ1v) is 6.36. The van der Waals surface area contributed by atoms with Gasteiger partial charge >= 0.3 is 5.97 Å². The maximum Gasteiger partial charge on any atom is 0.309 e. The van der Waals surface area contributed by atoms with Crippen molar-refractivity contribution in [2.24, 2.45) is 5.92 Å². The minimum atomic E-state index is 0.0693. The van der Waals surface area contributed by atoms with Crippen LogP contribution in [-0.4, -0.2) is 16.0 Å². The molecule has 0 spiro atoms. The number of halogens is 1. The number of carbonyl (C=O) groups excluding carboxylic acids is 1. The zero-order chi connectivity index (χ0) is 9.26. The van der Waals surface area contributed by atoms with Gasteiger partial charge in [0, 0.05) is 3.92 Å². The Labute approximate surface area is 92.5 Å². The van der Waals surface area contributed by atoms with Crippen LogP contribution in [0.4, 0.5) is 0 Å². The van der Waals surface area contributed by atoms with E-state index in [1.165, 1.54) is 19.3 Å². The number of rotatable bonds is 2. The Morgan fingerprint density at radius 3 is 2.31 bits per heavy atom. The molecule has 2 rings (SSSR count). The van der Waals surface area contributed by atoms with Crippen LogP contribution in [-0.2, 0) is 9.53 Å². The predicted molar refractivity (Wildman–Crippen MR) is 58.9 cm³/mol. The van der Waals surface area contributed by atoms with Crippen LogP contribution in [0.1, 0.15) is 38.5 Å². The second-order valence-electron chi connectivity index (χ2n) is 4.05. The van der Waals surface area contributed by atoms with Crippen molar-refractivity contribution in [1.29, 1.82) is 0 Å². The topological polar surface area (TPSA) is 26.3 Å². The van der Waals surface area contributed by atoms with Gasteiger partial charge in [0.15, 0.2) is 0 Å². The van der Waals surface area contributed by atoms with Crippen LogP contribution in [0.5, 0.6) is 0 Å². The molecule has 2 nitrogen and oxygen atoms in total. The third kappa shape index (κ3) is 2.17. The van der Waals surface area contributed by atoms with Gasteiger partial charge in [0.2, 0.25) is 0 Å². The van der Waals surface area contributed by atoms with Gasteiger partial charge < -0.3 is 4.74 Å². The lowest BCUT2D eigenvalue weighted by Gasteiger charge is -2.26. The minimum absolute atomic E-state index is 0.0693. The highest BCUT2D eigenvalue weighted by atomic mass is 127. The van der Waals surface area contributed by atoms with E-state index < -0.39 is 0 Å². The van der Waals surface area contributed by atoms with Crippen LogP contribution in [0, 0.1) is 5.92 Å². The Balaban J connectivity index is 1.79. The van der Waals surface area contributed by atoms with Gasteiger partial charge in [-0.15, -0.1) is 0 Å². The fourth-order valence-corrected chi connectivity index (χ4v) is 2.85. The lowest BCUT2D eigenvalue weighted by molar-refractivity contribution is -0.156. The summed E-state index contributed by atoms with van der Waals surface area (Å²) in [5, 5.41) is 0. The molecule has 0 aliphatic heterocycles. The maximum atomic E-state index is 11.5. The Kier molecular flexibility index (Phi) is 3.11. The monoisotopic (exact) mass is 294 g/mol. The molecule has 2 aliphatic rings. The summed E-state index contributed by atoms with van der Waals surface area (Å²) in [6, 6.07) is 0. The van der Waals surface area contributed by atoms with Crippen LogP contribution < -0.4 is 0 Å². The van der Waals surface area contributed by atoms with Crippen molar-refractivity contribution in [2.45, 2.75) is 48.6 Å². The van der Waals surface area contributed by atoms with Crippen molar-refractivity contribution in [1.82, 2.24) is 0 Å². The van der Waals surface area contributed by atoms with Crippen molar-refractivity contribution < 1.29 is 9.53 Å². The molecule has 0 saturated heterocycles. The quantitative estimate of drug-likeness (QED) is 0.445. The fraction of sp³-hybridized carbons (Fsp3) is 0.900. The Bertz CT molecular complexity index is 201. The Morgan fingerprint density at radius 1 is 1.15 bits per heavy atom. The average molecular weight is 294 g/mol. The zero-order valence-corrected chi connectivity index (χ0v) is 9.83. The predicted octanol–water partition coefficient (Wildman–Crippen LogP) is 2.69. The van der Waals surface area contributed by atoms with Gasteiger partial charge in [0.25, 0.3) is 0 Å². The molecule has 2 aliphatic carbocycles. The van der Waals surface area contributed by atoms with Crippen LogP contribution in [0.2, 0.25) is 0 Å². The lowest BCUT2D eigenvalue weighted by Crippen LogP contribution is -2.30. The van der Waals surface area contributed by atoms with E-state index in [0.29, 0.717) is 3.92 Å². The molecule has 0 aromatic rings. The standard InChI is InChI=1S/C10H15IO2/c11-8-5-2-6-9(8)13-10(12)7-3-1-4-7/h7-9H,1-6H2/t8-,9-/m1/s1. The molecule has 0 heterocycles. The van der Waals surface area contributed by atoms with E-state index in [-0.39, 0.29) is 18.0 Å². The molecule has 0 radical (unpaired) electrons. The molecule has 0 amide bonds. The molecule has 0 N–H and O–H groups in total. The number of alkyl halides is 1. The number of hydrogen-bond donors (Lipinski definition) is 0. The van der Waals surface area contributed by atoms with E-state index in [2.05, 4.69) is 22.6 Å². The second-order valence-corrected chi connectivity index (χ2v) is 5.65. The Hall–Kier alpha value is 0.200. The molecule has 13 heavy (non-hydrogen) atoms. The van der Waals surface area contributed by atoms with Gasteiger partial charge in [0.05, 0.1) is 5.92 Å². The van der Waals surface area contributed by atoms with Crippen LogP contribution >= 0.6 is 22.6 Å².